The largest absolute Gasteiger partial charge is 0.481 e. The summed E-state index contributed by atoms with van der Waals surface area (Å²) in [7, 11) is -7.95. The Balaban J connectivity index is 2.08. The van der Waals surface area contributed by atoms with Gasteiger partial charge in [-0.15, -0.1) is 0 Å². The third-order valence-corrected chi connectivity index (χ3v) is 7.24. The van der Waals surface area contributed by atoms with E-state index in [0.29, 0.717) is 9.87 Å². The van der Waals surface area contributed by atoms with Crippen molar-refractivity contribution in [2.45, 2.75) is 24.3 Å². The van der Waals surface area contributed by atoms with Gasteiger partial charge in [0.05, 0.1) is 23.6 Å². The number of rotatable bonds is 8. The van der Waals surface area contributed by atoms with E-state index >= 15 is 0 Å². The van der Waals surface area contributed by atoms with Crippen molar-refractivity contribution in [3.63, 3.8) is 0 Å². The number of nitrogens with zero attached hydrogens (tertiary/aromatic N) is 1. The van der Waals surface area contributed by atoms with Crippen LogP contribution in [-0.4, -0.2) is 68.4 Å². The van der Waals surface area contributed by atoms with Gasteiger partial charge in [0.1, 0.15) is 11.9 Å². The van der Waals surface area contributed by atoms with Crippen molar-refractivity contribution in [2.75, 3.05) is 18.2 Å². The minimum atomic E-state index is -4.00. The van der Waals surface area contributed by atoms with E-state index in [1.165, 1.54) is 31.2 Å². The highest BCUT2D eigenvalue weighted by Gasteiger charge is 2.43. The van der Waals surface area contributed by atoms with Crippen LogP contribution in [0, 0.1) is 0 Å². The fourth-order valence-electron chi connectivity index (χ4n) is 2.50. The number of carbonyl (C=O) groups excluding carboxylic acids is 2. The zero-order chi connectivity index (χ0) is 21.1. The monoisotopic (exact) mass is 433 g/mol. The summed E-state index contributed by atoms with van der Waals surface area (Å²) in [6.45, 7) is 1.04. The van der Waals surface area contributed by atoms with E-state index in [4.69, 9.17) is 5.11 Å². The number of carboxylic acids is 1. The second kappa shape index (κ2) is 8.14. The number of benzene rings is 1. The summed E-state index contributed by atoms with van der Waals surface area (Å²) in [5.74, 6) is -3.20. The molecule has 0 aliphatic carbocycles. The summed E-state index contributed by atoms with van der Waals surface area (Å²) in [5, 5.41) is 13.1. The van der Waals surface area contributed by atoms with Crippen LogP contribution < -0.4 is 10.6 Å². The second-order valence-corrected chi connectivity index (χ2v) is 10.0. The number of carbonyl (C=O) groups is 3. The predicted molar refractivity (Wildman–Crippen MR) is 96.5 cm³/mol. The van der Waals surface area contributed by atoms with Gasteiger partial charge >= 0.3 is 12.0 Å². The molecule has 1 aliphatic heterocycles. The molecule has 0 radical (unpaired) electrons. The lowest BCUT2D eigenvalue weighted by Gasteiger charge is -2.21. The molecule has 3 amide bonds. The average molecular weight is 433 g/mol. The van der Waals surface area contributed by atoms with Crippen molar-refractivity contribution >= 4 is 37.8 Å². The van der Waals surface area contributed by atoms with Crippen LogP contribution in [0.1, 0.15) is 12.5 Å². The maximum atomic E-state index is 12.3. The summed E-state index contributed by atoms with van der Waals surface area (Å²) < 4.78 is 49.1. The summed E-state index contributed by atoms with van der Waals surface area (Å²) in [6.07, 6.45) is -0.262. The summed E-state index contributed by atoms with van der Waals surface area (Å²) in [6, 6.07) is 2.79. The third-order valence-electron chi connectivity index (χ3n) is 3.97. The highest BCUT2D eigenvalue weighted by atomic mass is 32.2. The van der Waals surface area contributed by atoms with E-state index in [2.05, 4.69) is 10.6 Å². The van der Waals surface area contributed by atoms with Crippen molar-refractivity contribution in [1.29, 1.82) is 0 Å². The lowest BCUT2D eigenvalue weighted by atomic mass is 10.2. The van der Waals surface area contributed by atoms with Gasteiger partial charge in [-0.2, -0.15) is 0 Å². The molecule has 2 rings (SSSR count). The Hall–Kier alpha value is -2.67. The molecule has 0 spiro atoms. The second-order valence-electron chi connectivity index (χ2n) is 5.91. The molecule has 1 aromatic rings. The molecule has 1 atom stereocenters. The lowest BCUT2D eigenvalue weighted by Crippen LogP contribution is -2.49. The molecule has 1 fully saturated rings. The van der Waals surface area contributed by atoms with Crippen molar-refractivity contribution < 1.29 is 36.3 Å². The molecule has 3 N–H and O–H groups in total. The van der Waals surface area contributed by atoms with Gasteiger partial charge in [-0.3, -0.25) is 9.59 Å². The van der Waals surface area contributed by atoms with Crippen molar-refractivity contribution in [1.82, 2.24) is 14.9 Å². The Morgan fingerprint density at radius 1 is 1.21 bits per heavy atom. The Labute approximate surface area is 161 Å². The molecule has 1 aliphatic rings. The van der Waals surface area contributed by atoms with Crippen LogP contribution in [0.15, 0.2) is 29.2 Å². The van der Waals surface area contributed by atoms with Gasteiger partial charge in [0.15, 0.2) is 9.84 Å². The van der Waals surface area contributed by atoms with Gasteiger partial charge < -0.3 is 15.7 Å². The molecule has 1 saturated heterocycles. The molecule has 11 nitrogen and oxygen atoms in total. The minimum absolute atomic E-state index is 0.138. The van der Waals surface area contributed by atoms with E-state index in [-0.39, 0.29) is 17.9 Å². The van der Waals surface area contributed by atoms with Crippen LogP contribution in [0.5, 0.6) is 0 Å². The van der Waals surface area contributed by atoms with Crippen molar-refractivity contribution in [3.05, 3.63) is 29.8 Å². The van der Waals surface area contributed by atoms with Crippen LogP contribution in [0.2, 0.25) is 0 Å². The average Bonchev–Trinajstić information content (AvgIpc) is 3.02. The standard InChI is InChI=1S/C15H19N3O8S2/c1-2-28(25,26)18-12(8-16-15(18)22)14(21)17-9-27(23,24)11-5-3-10(4-6-11)7-13(19)20/h3-6,12H,2,7-9H2,1H3,(H,16,22)(H,17,21)(H,19,20). The van der Waals surface area contributed by atoms with E-state index in [0.717, 1.165) is 0 Å². The highest BCUT2D eigenvalue weighted by Crippen LogP contribution is 2.15. The normalized spacial score (nSPS) is 17.2. The molecule has 13 heteroatoms. The van der Waals surface area contributed by atoms with Gasteiger partial charge in [-0.1, -0.05) is 12.1 Å². The molecule has 1 heterocycles. The molecule has 28 heavy (non-hydrogen) atoms. The molecule has 1 aromatic carbocycles. The van der Waals surface area contributed by atoms with Crippen molar-refractivity contribution in [2.24, 2.45) is 0 Å². The Kier molecular flexibility index (Phi) is 6.29. The number of sulfone groups is 1. The lowest BCUT2D eigenvalue weighted by molar-refractivity contribution is -0.136. The molecule has 0 aromatic heterocycles. The van der Waals surface area contributed by atoms with Crippen LogP contribution in [0.4, 0.5) is 4.79 Å². The Bertz CT molecular complexity index is 987. The zero-order valence-corrected chi connectivity index (χ0v) is 16.4. The predicted octanol–water partition coefficient (Wildman–Crippen LogP) is -1.10. The molecular formula is C15H19N3O8S2. The smallest absolute Gasteiger partial charge is 0.331 e. The quantitative estimate of drug-likeness (QED) is 0.464. The molecule has 0 bridgehead atoms. The van der Waals surface area contributed by atoms with E-state index in [1.807, 2.05) is 0 Å². The minimum Gasteiger partial charge on any atom is -0.481 e. The Morgan fingerprint density at radius 3 is 2.36 bits per heavy atom. The van der Waals surface area contributed by atoms with Gasteiger partial charge in [0.2, 0.25) is 15.9 Å². The number of hydrogen-bond donors (Lipinski definition) is 3. The van der Waals surface area contributed by atoms with Gasteiger partial charge in [0, 0.05) is 0 Å². The first kappa shape index (κ1) is 21.6. The number of nitrogens with one attached hydrogen (secondary N) is 2. The molecule has 0 saturated carbocycles. The van der Waals surface area contributed by atoms with Crippen LogP contribution in [-0.2, 0) is 35.9 Å². The maximum Gasteiger partial charge on any atom is 0.331 e. The summed E-state index contributed by atoms with van der Waals surface area (Å²) in [5.41, 5.74) is 0.409. The fourth-order valence-corrected chi connectivity index (χ4v) is 4.70. The number of carboxylic acid groups (broad SMARTS) is 1. The first-order chi connectivity index (χ1) is 13.0. The summed E-state index contributed by atoms with van der Waals surface area (Å²) >= 11 is 0. The Morgan fingerprint density at radius 2 is 1.82 bits per heavy atom. The molecular weight excluding hydrogens is 414 g/mol. The highest BCUT2D eigenvalue weighted by molar-refractivity contribution is 7.91. The number of urea groups is 1. The topological polar surface area (TPSA) is 167 Å². The van der Waals surface area contributed by atoms with E-state index in [9.17, 15) is 31.2 Å². The number of sulfonamides is 1. The van der Waals surface area contributed by atoms with Gasteiger partial charge in [0.25, 0.3) is 0 Å². The van der Waals surface area contributed by atoms with Crippen LogP contribution >= 0.6 is 0 Å². The molecule has 154 valence electrons. The fraction of sp³-hybridized carbons (Fsp3) is 0.400. The van der Waals surface area contributed by atoms with E-state index in [1.54, 1.807) is 0 Å². The number of aliphatic carboxylic acids is 1. The third kappa shape index (κ3) is 4.78. The van der Waals surface area contributed by atoms with Crippen molar-refractivity contribution in [3.8, 4) is 0 Å². The van der Waals surface area contributed by atoms with Gasteiger partial charge in [-0.05, 0) is 24.6 Å². The zero-order valence-electron chi connectivity index (χ0n) is 14.8. The van der Waals surface area contributed by atoms with Crippen LogP contribution in [0.25, 0.3) is 0 Å². The van der Waals surface area contributed by atoms with E-state index < -0.39 is 55.4 Å². The summed E-state index contributed by atoms with van der Waals surface area (Å²) in [4.78, 5) is 34.5. The SMILES string of the molecule is CCS(=O)(=O)N1C(=O)NCC1C(=O)NCS(=O)(=O)c1ccc(CC(=O)O)cc1. The number of amides is 3. The van der Waals surface area contributed by atoms with Crippen LogP contribution in [0.3, 0.4) is 0 Å². The van der Waals surface area contributed by atoms with Gasteiger partial charge in [-0.25, -0.2) is 25.9 Å². The molecule has 1 unspecified atom stereocenters. The first-order valence-corrected chi connectivity index (χ1v) is 11.3. The first-order valence-electron chi connectivity index (χ1n) is 8.09. The maximum absolute atomic E-state index is 12.3. The number of hydrogen-bond acceptors (Lipinski definition) is 7.